The Kier molecular flexibility index (Phi) is 4.85. The lowest BCUT2D eigenvalue weighted by Crippen LogP contribution is -2.57. The van der Waals surface area contributed by atoms with Gasteiger partial charge in [0.15, 0.2) is 0 Å². The average molecular weight is 639 g/mol. The Balaban J connectivity index is 1.35. The topological polar surface area (TPSA) is 16.3 Å². The number of anilines is 4. The van der Waals surface area contributed by atoms with E-state index >= 15 is 0 Å². The number of hydrogen-bond donors (Lipinski definition) is 0. The molecular formula is C45H31BN4. The van der Waals surface area contributed by atoms with Gasteiger partial charge >= 0.3 is 0 Å². The van der Waals surface area contributed by atoms with Crippen LogP contribution in [0.2, 0.25) is 0 Å². The molecule has 2 aromatic heterocycles. The summed E-state index contributed by atoms with van der Waals surface area (Å²) < 4.78 is 5.16. The molecule has 3 aliphatic rings. The Morgan fingerprint density at radius 3 is 1.92 bits per heavy atom. The zero-order valence-corrected chi connectivity index (χ0v) is 27.8. The maximum absolute atomic E-state index is 2.65. The van der Waals surface area contributed by atoms with Crippen molar-refractivity contribution in [3.63, 3.8) is 0 Å². The van der Waals surface area contributed by atoms with Crippen molar-refractivity contribution >= 4 is 89.5 Å². The summed E-state index contributed by atoms with van der Waals surface area (Å²) in [4.78, 5) is 5.17. The molecule has 0 atom stereocenters. The van der Waals surface area contributed by atoms with Crippen molar-refractivity contribution in [2.24, 2.45) is 0 Å². The molecule has 7 aromatic carbocycles. The Morgan fingerprint density at radius 1 is 0.460 bits per heavy atom. The highest BCUT2D eigenvalue weighted by molar-refractivity contribution is 6.98. The largest absolute Gasteiger partial charge is 0.316 e. The third-order valence-electron chi connectivity index (χ3n) is 11.7. The standard InChI is InChI=1S/C45H31BN4/c1-45(2)49(30-19-10-5-11-20-30)38-26-25-32-39-40-33(31-21-12-13-23-36(31)47(40)29-17-8-4-9-18-29)27-35-43(39)48-41(32)44(38)50(45)37-24-14-22-34(42(37)48)46(35)28-15-6-3-7-16-28/h3-27H,1-2H3. The van der Waals surface area contributed by atoms with Crippen LogP contribution in [0.5, 0.6) is 0 Å². The van der Waals surface area contributed by atoms with Gasteiger partial charge in [-0.1, -0.05) is 109 Å². The molecule has 234 valence electrons. The third-order valence-corrected chi connectivity index (χ3v) is 11.7. The lowest BCUT2D eigenvalue weighted by atomic mass is 9.35. The summed E-state index contributed by atoms with van der Waals surface area (Å²) in [6.07, 6.45) is 0. The Hall–Kier alpha value is -6.20. The van der Waals surface area contributed by atoms with Crippen molar-refractivity contribution in [2.75, 3.05) is 9.80 Å². The van der Waals surface area contributed by atoms with Gasteiger partial charge in [-0.05, 0) is 73.3 Å². The van der Waals surface area contributed by atoms with Crippen LogP contribution in [0.25, 0.3) is 55.0 Å². The van der Waals surface area contributed by atoms with E-state index in [0.717, 1.165) is 0 Å². The quantitative estimate of drug-likeness (QED) is 0.180. The molecule has 50 heavy (non-hydrogen) atoms. The van der Waals surface area contributed by atoms with Crippen LogP contribution in [0.1, 0.15) is 13.8 Å². The molecule has 0 aliphatic carbocycles. The first-order valence-electron chi connectivity index (χ1n) is 17.6. The maximum atomic E-state index is 2.65. The molecule has 5 heterocycles. The highest BCUT2D eigenvalue weighted by Crippen LogP contribution is 2.60. The van der Waals surface area contributed by atoms with Crippen LogP contribution in [0, 0.1) is 0 Å². The van der Waals surface area contributed by atoms with E-state index in [0.29, 0.717) is 0 Å². The lowest BCUT2D eigenvalue weighted by Gasteiger charge is -2.43. The number of fused-ring (bicyclic) bond motifs is 6. The molecule has 4 nitrogen and oxygen atoms in total. The van der Waals surface area contributed by atoms with Crippen molar-refractivity contribution in [2.45, 2.75) is 19.5 Å². The van der Waals surface area contributed by atoms with Crippen molar-refractivity contribution in [3.05, 3.63) is 152 Å². The van der Waals surface area contributed by atoms with Gasteiger partial charge in [0.2, 0.25) is 6.71 Å². The van der Waals surface area contributed by atoms with E-state index in [1.54, 1.807) is 0 Å². The fourth-order valence-electron chi connectivity index (χ4n) is 9.93. The first kappa shape index (κ1) is 26.7. The Bertz CT molecular complexity index is 2900. The van der Waals surface area contributed by atoms with Gasteiger partial charge < -0.3 is 18.9 Å². The Morgan fingerprint density at radius 2 is 1.14 bits per heavy atom. The molecule has 0 saturated carbocycles. The molecule has 0 fully saturated rings. The predicted molar refractivity (Wildman–Crippen MR) is 211 cm³/mol. The predicted octanol–water partition coefficient (Wildman–Crippen LogP) is 9.05. The Labute approximate surface area is 290 Å². The number of aromatic nitrogens is 2. The molecule has 3 aliphatic heterocycles. The van der Waals surface area contributed by atoms with Gasteiger partial charge in [-0.2, -0.15) is 0 Å². The fraction of sp³-hybridized carbons (Fsp3) is 0.0667. The van der Waals surface area contributed by atoms with Crippen molar-refractivity contribution in [1.29, 1.82) is 0 Å². The molecule has 0 radical (unpaired) electrons. The van der Waals surface area contributed by atoms with Gasteiger partial charge in [-0.3, -0.25) is 0 Å². The maximum Gasteiger partial charge on any atom is 0.246 e. The van der Waals surface area contributed by atoms with Crippen molar-refractivity contribution in [1.82, 2.24) is 9.13 Å². The molecule has 12 rings (SSSR count). The second-order valence-electron chi connectivity index (χ2n) is 14.5. The normalized spacial score (nSPS) is 15.0. The average Bonchev–Trinajstić information content (AvgIpc) is 3.76. The molecule has 5 heteroatoms. The second-order valence-corrected chi connectivity index (χ2v) is 14.5. The van der Waals surface area contributed by atoms with Crippen LogP contribution >= 0.6 is 0 Å². The van der Waals surface area contributed by atoms with E-state index in [1.165, 1.54) is 94.1 Å². The minimum Gasteiger partial charge on any atom is -0.316 e. The highest BCUT2D eigenvalue weighted by atomic mass is 15.5. The molecule has 0 amide bonds. The van der Waals surface area contributed by atoms with Gasteiger partial charge in [-0.15, -0.1) is 0 Å². The van der Waals surface area contributed by atoms with Crippen LogP contribution < -0.4 is 26.2 Å². The minimum absolute atomic E-state index is 0.0886. The van der Waals surface area contributed by atoms with Crippen molar-refractivity contribution in [3.8, 4) is 11.4 Å². The summed E-state index contributed by atoms with van der Waals surface area (Å²) in [5, 5.41) is 5.21. The summed E-state index contributed by atoms with van der Waals surface area (Å²) in [5.41, 5.74) is 16.3. The van der Waals surface area contributed by atoms with E-state index in [-0.39, 0.29) is 12.4 Å². The number of benzene rings is 7. The SMILES string of the molecule is CC1(C)N(c2ccccc2)c2ccc3c4c5c(cc6c7ccccc7n(-c7ccccc7)c64)B(c4ccccc4)c4cccc6c4-n5c3c2N61. The second kappa shape index (κ2) is 9.07. The smallest absolute Gasteiger partial charge is 0.246 e. The zero-order valence-electron chi connectivity index (χ0n) is 27.8. The first-order valence-corrected chi connectivity index (χ1v) is 17.6. The number of rotatable bonds is 3. The summed E-state index contributed by atoms with van der Waals surface area (Å²) in [6, 6.07) is 56.2. The summed E-state index contributed by atoms with van der Waals surface area (Å²) in [5.74, 6) is 0. The zero-order chi connectivity index (χ0) is 32.9. The lowest BCUT2D eigenvalue weighted by molar-refractivity contribution is 0.539. The van der Waals surface area contributed by atoms with E-state index in [1.807, 2.05) is 0 Å². The van der Waals surface area contributed by atoms with E-state index in [9.17, 15) is 0 Å². The van der Waals surface area contributed by atoms with E-state index in [4.69, 9.17) is 0 Å². The van der Waals surface area contributed by atoms with Gasteiger partial charge in [0.25, 0.3) is 0 Å². The highest BCUT2D eigenvalue weighted by Gasteiger charge is 2.50. The van der Waals surface area contributed by atoms with Gasteiger partial charge in [0.05, 0.1) is 44.8 Å². The van der Waals surface area contributed by atoms with E-state index in [2.05, 4.69) is 184 Å². The van der Waals surface area contributed by atoms with Gasteiger partial charge in [0.1, 0.15) is 5.66 Å². The van der Waals surface area contributed by atoms with Crippen LogP contribution in [0.3, 0.4) is 0 Å². The van der Waals surface area contributed by atoms with Crippen molar-refractivity contribution < 1.29 is 0 Å². The van der Waals surface area contributed by atoms with Gasteiger partial charge in [-0.25, -0.2) is 0 Å². The monoisotopic (exact) mass is 638 g/mol. The minimum atomic E-state index is -0.356. The summed E-state index contributed by atoms with van der Waals surface area (Å²) in [7, 11) is 0. The molecule has 0 unspecified atom stereocenters. The first-order chi connectivity index (χ1) is 24.6. The molecule has 9 aromatic rings. The third kappa shape index (κ3) is 3.02. The number of para-hydroxylation sites is 4. The number of hydrogen-bond acceptors (Lipinski definition) is 2. The van der Waals surface area contributed by atoms with E-state index < -0.39 is 0 Å². The van der Waals surface area contributed by atoms with Gasteiger partial charge in [0, 0.05) is 32.9 Å². The van der Waals surface area contributed by atoms with Crippen LogP contribution in [0.4, 0.5) is 22.7 Å². The van der Waals surface area contributed by atoms with Crippen LogP contribution in [-0.4, -0.2) is 21.5 Å². The molecule has 0 saturated heterocycles. The molecular weight excluding hydrogens is 607 g/mol. The number of nitrogens with zero attached hydrogens (tertiary/aromatic N) is 4. The summed E-state index contributed by atoms with van der Waals surface area (Å²) >= 11 is 0. The summed E-state index contributed by atoms with van der Waals surface area (Å²) in [6.45, 7) is 4.83. The molecule has 0 N–H and O–H groups in total. The van der Waals surface area contributed by atoms with Crippen LogP contribution in [0.15, 0.2) is 152 Å². The molecule has 0 bridgehead atoms. The molecule has 0 spiro atoms. The fourth-order valence-corrected chi connectivity index (χ4v) is 9.93. The van der Waals surface area contributed by atoms with Crippen LogP contribution in [-0.2, 0) is 0 Å².